The van der Waals surface area contributed by atoms with Crippen molar-refractivity contribution in [2.24, 2.45) is 5.41 Å². The molecule has 6 nitrogen and oxygen atoms in total. The monoisotopic (exact) mass is 334 g/mol. The molecule has 2 N–H and O–H groups in total. The zero-order chi connectivity index (χ0) is 18.1. The maximum absolute atomic E-state index is 11.8. The standard InChI is InChI=1S/C18H22O6/c1-10-12-9-24-16(20)13(12)14(19)11(15(10)23-4)7-5-6-8-18(2,3)17(21)22/h5-6,19H,7-9H2,1-4H3,(H,21,22). The number of esters is 1. The third kappa shape index (κ3) is 3.09. The Hall–Kier alpha value is -2.50. The molecule has 0 fully saturated rings. The van der Waals surface area contributed by atoms with Crippen LogP contribution in [-0.2, 0) is 22.6 Å². The summed E-state index contributed by atoms with van der Waals surface area (Å²) in [5.74, 6) is -1.02. The van der Waals surface area contributed by atoms with Crippen molar-refractivity contribution >= 4 is 11.9 Å². The molecule has 0 amide bonds. The van der Waals surface area contributed by atoms with Crippen molar-refractivity contribution in [1.29, 1.82) is 0 Å². The maximum atomic E-state index is 11.8. The number of ether oxygens (including phenoxy) is 2. The van der Waals surface area contributed by atoms with Gasteiger partial charge in [0.25, 0.3) is 0 Å². The number of carboxylic acid groups (broad SMARTS) is 1. The fourth-order valence-corrected chi connectivity index (χ4v) is 2.69. The predicted octanol–water partition coefficient (Wildman–Crippen LogP) is 2.98. The van der Waals surface area contributed by atoms with Crippen LogP contribution in [-0.4, -0.2) is 29.3 Å². The van der Waals surface area contributed by atoms with Crippen molar-refractivity contribution in [2.75, 3.05) is 7.11 Å². The summed E-state index contributed by atoms with van der Waals surface area (Å²) in [7, 11) is 1.51. The molecule has 1 aliphatic heterocycles. The van der Waals surface area contributed by atoms with E-state index >= 15 is 0 Å². The highest BCUT2D eigenvalue weighted by molar-refractivity contribution is 5.98. The van der Waals surface area contributed by atoms with Gasteiger partial charge in [-0.1, -0.05) is 12.2 Å². The smallest absolute Gasteiger partial charge is 0.342 e. The molecule has 0 unspecified atom stereocenters. The summed E-state index contributed by atoms with van der Waals surface area (Å²) >= 11 is 0. The number of carboxylic acids is 1. The van der Waals surface area contributed by atoms with Crippen LogP contribution in [0.3, 0.4) is 0 Å². The van der Waals surface area contributed by atoms with Gasteiger partial charge in [-0.15, -0.1) is 0 Å². The number of carbonyl (C=O) groups excluding carboxylic acids is 1. The number of aromatic hydroxyl groups is 1. The molecule has 0 spiro atoms. The van der Waals surface area contributed by atoms with Crippen LogP contribution in [0.5, 0.6) is 11.5 Å². The lowest BCUT2D eigenvalue weighted by molar-refractivity contribution is -0.146. The quantitative estimate of drug-likeness (QED) is 0.614. The van der Waals surface area contributed by atoms with Crippen LogP contribution in [0.4, 0.5) is 0 Å². The van der Waals surface area contributed by atoms with E-state index in [1.54, 1.807) is 26.0 Å². The molecule has 1 heterocycles. The van der Waals surface area contributed by atoms with Crippen molar-refractivity contribution in [3.05, 3.63) is 34.4 Å². The Morgan fingerprint density at radius 2 is 2.04 bits per heavy atom. The molecule has 1 aromatic carbocycles. The molecular formula is C18H22O6. The van der Waals surface area contributed by atoms with Crippen LogP contribution in [0.25, 0.3) is 0 Å². The third-order valence-electron chi connectivity index (χ3n) is 4.34. The van der Waals surface area contributed by atoms with E-state index in [9.17, 15) is 14.7 Å². The first kappa shape index (κ1) is 17.8. The van der Waals surface area contributed by atoms with Crippen LogP contribution >= 0.6 is 0 Å². The van der Waals surface area contributed by atoms with Gasteiger partial charge in [-0.25, -0.2) is 4.79 Å². The first-order valence-corrected chi connectivity index (χ1v) is 7.67. The summed E-state index contributed by atoms with van der Waals surface area (Å²) in [5, 5.41) is 19.6. The SMILES string of the molecule is COc1c(C)c2c(c(O)c1CC=CCC(C)(C)C(=O)O)C(=O)OC2. The van der Waals surface area contributed by atoms with E-state index in [1.807, 2.05) is 6.92 Å². The molecule has 0 aromatic heterocycles. The van der Waals surface area contributed by atoms with Gasteiger partial charge >= 0.3 is 11.9 Å². The number of cyclic esters (lactones) is 1. The number of rotatable bonds is 6. The Morgan fingerprint density at radius 1 is 1.38 bits per heavy atom. The summed E-state index contributed by atoms with van der Waals surface area (Å²) in [5.41, 5.74) is 1.25. The minimum atomic E-state index is -0.872. The first-order chi connectivity index (χ1) is 11.2. The van der Waals surface area contributed by atoms with E-state index in [-0.39, 0.29) is 17.9 Å². The first-order valence-electron chi connectivity index (χ1n) is 7.67. The zero-order valence-corrected chi connectivity index (χ0v) is 14.3. The van der Waals surface area contributed by atoms with Crippen LogP contribution in [0.15, 0.2) is 12.2 Å². The van der Waals surface area contributed by atoms with Crippen molar-refractivity contribution in [2.45, 2.75) is 40.2 Å². The molecule has 1 aliphatic rings. The lowest BCUT2D eigenvalue weighted by Crippen LogP contribution is -2.22. The minimum absolute atomic E-state index is 0.128. The number of carbonyl (C=O) groups is 2. The van der Waals surface area contributed by atoms with Crippen molar-refractivity contribution in [3.63, 3.8) is 0 Å². The van der Waals surface area contributed by atoms with Crippen LogP contribution in [0, 0.1) is 12.3 Å². The number of hydrogen-bond donors (Lipinski definition) is 2. The lowest BCUT2D eigenvalue weighted by Gasteiger charge is -2.17. The highest BCUT2D eigenvalue weighted by Gasteiger charge is 2.32. The third-order valence-corrected chi connectivity index (χ3v) is 4.34. The Kier molecular flexibility index (Phi) is 4.87. The van der Waals surface area contributed by atoms with Gasteiger partial charge in [0, 0.05) is 11.1 Å². The average Bonchev–Trinajstić information content (AvgIpc) is 2.90. The number of allylic oxidation sites excluding steroid dienone is 2. The van der Waals surface area contributed by atoms with Crippen LogP contribution in [0.1, 0.15) is 47.3 Å². The van der Waals surface area contributed by atoms with Gasteiger partial charge < -0.3 is 19.7 Å². The molecule has 2 rings (SSSR count). The number of benzene rings is 1. The fourth-order valence-electron chi connectivity index (χ4n) is 2.69. The molecule has 0 atom stereocenters. The molecule has 24 heavy (non-hydrogen) atoms. The average molecular weight is 334 g/mol. The van der Waals surface area contributed by atoms with Crippen molar-refractivity contribution < 1.29 is 29.3 Å². The second-order valence-electron chi connectivity index (χ2n) is 6.48. The number of aliphatic carboxylic acids is 1. The second kappa shape index (κ2) is 6.55. The molecule has 0 radical (unpaired) electrons. The van der Waals surface area contributed by atoms with Gasteiger partial charge in [-0.05, 0) is 39.2 Å². The van der Waals surface area contributed by atoms with Gasteiger partial charge in [-0.3, -0.25) is 4.79 Å². The predicted molar refractivity (Wildman–Crippen MR) is 87.4 cm³/mol. The zero-order valence-electron chi connectivity index (χ0n) is 14.3. The Balaban J connectivity index is 2.31. The fraction of sp³-hybridized carbons (Fsp3) is 0.444. The van der Waals surface area contributed by atoms with Gasteiger partial charge in [0.2, 0.25) is 0 Å². The molecule has 0 saturated heterocycles. The molecule has 0 saturated carbocycles. The number of methoxy groups -OCH3 is 1. The number of phenolic OH excluding ortho intramolecular Hbond substituents is 1. The summed E-state index contributed by atoms with van der Waals surface area (Å²) in [6.07, 6.45) is 4.21. The maximum Gasteiger partial charge on any atom is 0.342 e. The van der Waals surface area contributed by atoms with Crippen LogP contribution < -0.4 is 4.74 Å². The van der Waals surface area contributed by atoms with Gasteiger partial charge in [0.05, 0.1) is 12.5 Å². The van der Waals surface area contributed by atoms with E-state index < -0.39 is 17.4 Å². The van der Waals surface area contributed by atoms with Crippen molar-refractivity contribution in [3.8, 4) is 11.5 Å². The molecular weight excluding hydrogens is 312 g/mol. The highest BCUT2D eigenvalue weighted by Crippen LogP contribution is 2.41. The van der Waals surface area contributed by atoms with Crippen molar-refractivity contribution in [1.82, 2.24) is 0 Å². The van der Waals surface area contributed by atoms with E-state index in [4.69, 9.17) is 14.6 Å². The van der Waals surface area contributed by atoms with Gasteiger partial charge in [0.15, 0.2) is 0 Å². The highest BCUT2D eigenvalue weighted by atomic mass is 16.5. The van der Waals surface area contributed by atoms with E-state index in [0.29, 0.717) is 29.7 Å². The molecule has 6 heteroatoms. The molecule has 0 bridgehead atoms. The summed E-state index contributed by atoms with van der Waals surface area (Å²) in [6.45, 7) is 5.24. The van der Waals surface area contributed by atoms with Gasteiger partial charge in [0.1, 0.15) is 23.7 Å². The molecule has 0 aliphatic carbocycles. The summed E-state index contributed by atoms with van der Waals surface area (Å²) in [6, 6.07) is 0. The minimum Gasteiger partial charge on any atom is -0.507 e. The normalized spacial score (nSPS) is 13.9. The lowest BCUT2D eigenvalue weighted by atomic mass is 9.89. The van der Waals surface area contributed by atoms with E-state index in [2.05, 4.69) is 0 Å². The molecule has 1 aromatic rings. The number of hydrogen-bond acceptors (Lipinski definition) is 5. The van der Waals surface area contributed by atoms with Gasteiger partial charge in [-0.2, -0.15) is 0 Å². The summed E-state index contributed by atoms with van der Waals surface area (Å²) in [4.78, 5) is 22.9. The Morgan fingerprint density at radius 3 is 2.62 bits per heavy atom. The van der Waals surface area contributed by atoms with E-state index in [1.165, 1.54) is 7.11 Å². The topological polar surface area (TPSA) is 93.1 Å². The van der Waals surface area contributed by atoms with Crippen LogP contribution in [0.2, 0.25) is 0 Å². The Labute approximate surface area is 140 Å². The Bertz CT molecular complexity index is 715. The number of fused-ring (bicyclic) bond motifs is 1. The largest absolute Gasteiger partial charge is 0.507 e. The number of phenols is 1. The summed E-state index contributed by atoms with van der Waals surface area (Å²) < 4.78 is 10.4. The molecule has 130 valence electrons. The van der Waals surface area contributed by atoms with E-state index in [0.717, 1.165) is 5.56 Å². The second-order valence-corrected chi connectivity index (χ2v) is 6.48.